The molecule has 1 aromatic carbocycles. The highest BCUT2D eigenvalue weighted by Gasteiger charge is 2.18. The highest BCUT2D eigenvalue weighted by molar-refractivity contribution is 5.85. The van der Waals surface area contributed by atoms with Crippen LogP contribution < -0.4 is 16.0 Å². The van der Waals surface area contributed by atoms with Crippen LogP contribution in [0.3, 0.4) is 0 Å². The first kappa shape index (κ1) is 22.7. The van der Waals surface area contributed by atoms with Crippen LogP contribution in [0.25, 0.3) is 0 Å². The van der Waals surface area contributed by atoms with Gasteiger partial charge in [0.1, 0.15) is 0 Å². The number of hydrogen-bond donors (Lipinski definition) is 2. The average Bonchev–Trinajstić information content (AvgIpc) is 2.61. The molecule has 0 spiro atoms. The van der Waals surface area contributed by atoms with E-state index in [4.69, 9.17) is 5.73 Å². The van der Waals surface area contributed by atoms with Crippen molar-refractivity contribution in [1.82, 2.24) is 10.2 Å². The van der Waals surface area contributed by atoms with E-state index in [2.05, 4.69) is 46.3 Å². The summed E-state index contributed by atoms with van der Waals surface area (Å²) in [4.78, 5) is 16.8. The average molecular weight is 383 g/mol. The molecule has 1 saturated heterocycles. The summed E-state index contributed by atoms with van der Waals surface area (Å²) in [5.41, 5.74) is 8.49. The van der Waals surface area contributed by atoms with E-state index in [1.807, 2.05) is 13.8 Å². The van der Waals surface area contributed by atoms with Crippen molar-refractivity contribution in [2.24, 2.45) is 11.7 Å². The maximum absolute atomic E-state index is 11.8. The number of amides is 1. The number of anilines is 1. The second kappa shape index (κ2) is 11.4. The summed E-state index contributed by atoms with van der Waals surface area (Å²) in [7, 11) is 0. The standard InChI is InChI=1S/C20H34N4O.ClH/c1-16(2)19(21)20(25)22-9-4-5-10-23-11-13-24(14-12-23)18-8-6-7-17(3)15-18;/h6-8,15-16,19H,4-5,9-14,21H2,1-3H3,(H,22,25);1H/t19-;/m0./s1. The molecule has 2 rings (SSSR count). The number of benzene rings is 1. The van der Waals surface area contributed by atoms with Crippen LogP contribution >= 0.6 is 12.4 Å². The first-order chi connectivity index (χ1) is 12.0. The second-order valence-electron chi connectivity index (χ2n) is 7.44. The number of carbonyl (C=O) groups excluding carboxylic acids is 1. The summed E-state index contributed by atoms with van der Waals surface area (Å²) in [6, 6.07) is 8.35. The molecule has 5 nitrogen and oxygen atoms in total. The third-order valence-electron chi connectivity index (χ3n) is 4.96. The lowest BCUT2D eigenvalue weighted by molar-refractivity contribution is -0.123. The molecule has 1 atom stereocenters. The molecule has 6 heteroatoms. The van der Waals surface area contributed by atoms with E-state index >= 15 is 0 Å². The lowest BCUT2D eigenvalue weighted by atomic mass is 10.1. The summed E-state index contributed by atoms with van der Waals surface area (Å²) in [5, 5.41) is 2.94. The minimum atomic E-state index is -0.394. The van der Waals surface area contributed by atoms with Gasteiger partial charge in [-0.2, -0.15) is 0 Å². The van der Waals surface area contributed by atoms with E-state index in [1.54, 1.807) is 0 Å². The van der Waals surface area contributed by atoms with Gasteiger partial charge in [0, 0.05) is 38.4 Å². The first-order valence-corrected chi connectivity index (χ1v) is 9.54. The van der Waals surface area contributed by atoms with Gasteiger partial charge < -0.3 is 16.0 Å². The predicted octanol–water partition coefficient (Wildman–Crippen LogP) is 2.42. The number of nitrogens with one attached hydrogen (secondary N) is 1. The number of nitrogens with zero attached hydrogens (tertiary/aromatic N) is 2. The zero-order chi connectivity index (χ0) is 18.2. The molecular weight excluding hydrogens is 348 g/mol. The Balaban J connectivity index is 0.00000338. The highest BCUT2D eigenvalue weighted by Crippen LogP contribution is 2.17. The maximum atomic E-state index is 11.8. The molecule has 1 heterocycles. The number of rotatable bonds is 8. The van der Waals surface area contributed by atoms with Gasteiger partial charge in [0.25, 0.3) is 0 Å². The topological polar surface area (TPSA) is 61.6 Å². The number of piperazine rings is 1. The van der Waals surface area contributed by atoms with E-state index in [9.17, 15) is 4.79 Å². The Morgan fingerprint density at radius 1 is 1.19 bits per heavy atom. The minimum Gasteiger partial charge on any atom is -0.369 e. The number of aryl methyl sites for hydroxylation is 1. The van der Waals surface area contributed by atoms with E-state index in [0.717, 1.165) is 52.1 Å². The molecule has 1 aliphatic rings. The number of unbranched alkanes of at least 4 members (excludes halogenated alkanes) is 1. The quantitative estimate of drug-likeness (QED) is 0.678. The molecule has 0 aliphatic carbocycles. The fraction of sp³-hybridized carbons (Fsp3) is 0.650. The van der Waals surface area contributed by atoms with Crippen molar-refractivity contribution < 1.29 is 4.79 Å². The smallest absolute Gasteiger partial charge is 0.237 e. The second-order valence-corrected chi connectivity index (χ2v) is 7.44. The molecule has 26 heavy (non-hydrogen) atoms. The fourth-order valence-electron chi connectivity index (χ4n) is 3.15. The summed E-state index contributed by atoms with van der Waals surface area (Å²) in [6.45, 7) is 12.3. The van der Waals surface area contributed by atoms with E-state index in [-0.39, 0.29) is 24.2 Å². The number of hydrogen-bond acceptors (Lipinski definition) is 4. The molecule has 3 N–H and O–H groups in total. The van der Waals surface area contributed by atoms with Crippen LogP contribution in [0.1, 0.15) is 32.3 Å². The molecular formula is C20H35ClN4O. The number of halogens is 1. The van der Waals surface area contributed by atoms with E-state index < -0.39 is 6.04 Å². The van der Waals surface area contributed by atoms with Gasteiger partial charge in [0.2, 0.25) is 5.91 Å². The van der Waals surface area contributed by atoms with Crippen LogP contribution in [-0.4, -0.2) is 56.1 Å². The zero-order valence-electron chi connectivity index (χ0n) is 16.4. The first-order valence-electron chi connectivity index (χ1n) is 9.54. The maximum Gasteiger partial charge on any atom is 0.237 e. The largest absolute Gasteiger partial charge is 0.369 e. The SMILES string of the molecule is Cc1cccc(N2CCN(CCCCNC(=O)[C@@H](N)C(C)C)CC2)c1.Cl. The van der Waals surface area contributed by atoms with Crippen molar-refractivity contribution in [3.05, 3.63) is 29.8 Å². The van der Waals surface area contributed by atoms with E-state index in [0.29, 0.717) is 0 Å². The van der Waals surface area contributed by atoms with Crippen LogP contribution in [0.5, 0.6) is 0 Å². The molecule has 0 unspecified atom stereocenters. The molecule has 1 fully saturated rings. The molecule has 1 aromatic rings. The van der Waals surface area contributed by atoms with Crippen molar-refractivity contribution in [3.63, 3.8) is 0 Å². The molecule has 0 radical (unpaired) electrons. The van der Waals surface area contributed by atoms with Gasteiger partial charge in [-0.05, 0) is 49.9 Å². The van der Waals surface area contributed by atoms with Crippen LogP contribution in [0, 0.1) is 12.8 Å². The van der Waals surface area contributed by atoms with Crippen molar-refractivity contribution in [1.29, 1.82) is 0 Å². The van der Waals surface area contributed by atoms with Crippen molar-refractivity contribution in [3.8, 4) is 0 Å². The lowest BCUT2D eigenvalue weighted by Crippen LogP contribution is -2.47. The molecule has 0 saturated carbocycles. The van der Waals surface area contributed by atoms with Crippen molar-refractivity contribution in [2.45, 2.75) is 39.7 Å². The third kappa shape index (κ3) is 7.14. The molecule has 0 aromatic heterocycles. The zero-order valence-corrected chi connectivity index (χ0v) is 17.2. The molecule has 0 bridgehead atoms. The third-order valence-corrected chi connectivity index (χ3v) is 4.96. The van der Waals surface area contributed by atoms with Gasteiger partial charge in [0.05, 0.1) is 6.04 Å². The Bertz CT molecular complexity index is 544. The predicted molar refractivity (Wildman–Crippen MR) is 112 cm³/mol. The van der Waals surface area contributed by atoms with Gasteiger partial charge in [0.15, 0.2) is 0 Å². The van der Waals surface area contributed by atoms with E-state index in [1.165, 1.54) is 11.3 Å². The summed E-state index contributed by atoms with van der Waals surface area (Å²) in [5.74, 6) is 0.159. The monoisotopic (exact) mass is 382 g/mol. The van der Waals surface area contributed by atoms with Gasteiger partial charge in [-0.25, -0.2) is 0 Å². The van der Waals surface area contributed by atoms with Crippen LogP contribution in [-0.2, 0) is 4.79 Å². The van der Waals surface area contributed by atoms with Crippen LogP contribution in [0.2, 0.25) is 0 Å². The summed E-state index contributed by atoms with van der Waals surface area (Å²) in [6.07, 6.45) is 2.12. The van der Waals surface area contributed by atoms with Gasteiger partial charge in [-0.3, -0.25) is 9.69 Å². The Morgan fingerprint density at radius 3 is 2.50 bits per heavy atom. The van der Waals surface area contributed by atoms with Gasteiger partial charge >= 0.3 is 0 Å². The van der Waals surface area contributed by atoms with Crippen molar-refractivity contribution in [2.75, 3.05) is 44.2 Å². The molecule has 1 amide bonds. The van der Waals surface area contributed by atoms with Crippen LogP contribution in [0.4, 0.5) is 5.69 Å². The number of carbonyl (C=O) groups is 1. The fourth-order valence-corrected chi connectivity index (χ4v) is 3.15. The van der Waals surface area contributed by atoms with Crippen LogP contribution in [0.15, 0.2) is 24.3 Å². The Labute approximate surface area is 164 Å². The van der Waals surface area contributed by atoms with Crippen molar-refractivity contribution >= 4 is 24.0 Å². The minimum absolute atomic E-state index is 0. The highest BCUT2D eigenvalue weighted by atomic mass is 35.5. The lowest BCUT2D eigenvalue weighted by Gasteiger charge is -2.36. The Morgan fingerprint density at radius 2 is 1.88 bits per heavy atom. The Hall–Kier alpha value is -1.30. The van der Waals surface area contributed by atoms with Gasteiger partial charge in [-0.15, -0.1) is 12.4 Å². The normalized spacial score (nSPS) is 16.3. The van der Waals surface area contributed by atoms with Gasteiger partial charge in [-0.1, -0.05) is 26.0 Å². The molecule has 1 aliphatic heterocycles. The summed E-state index contributed by atoms with van der Waals surface area (Å²) < 4.78 is 0. The summed E-state index contributed by atoms with van der Waals surface area (Å²) >= 11 is 0. The molecule has 148 valence electrons. The Kier molecular flexibility index (Phi) is 9.99. The number of nitrogens with two attached hydrogens (primary N) is 1.